The van der Waals surface area contributed by atoms with Crippen molar-refractivity contribution in [2.45, 2.75) is 31.5 Å². The molecule has 1 aliphatic rings. The summed E-state index contributed by atoms with van der Waals surface area (Å²) in [4.78, 5) is 7.26. The molecule has 1 heterocycles. The molecule has 1 rings (SSSR count). The van der Waals surface area contributed by atoms with E-state index < -0.39 is 0 Å². The smallest absolute Gasteiger partial charge is 0.0633 e. The van der Waals surface area contributed by atoms with Crippen molar-refractivity contribution in [3.63, 3.8) is 0 Å². The molecule has 0 aromatic carbocycles. The Morgan fingerprint density at radius 3 is 2.24 bits per heavy atom. The third-order valence-electron chi connectivity index (χ3n) is 4.01. The molecule has 102 valence electrons. The van der Waals surface area contributed by atoms with Crippen molar-refractivity contribution in [3.05, 3.63) is 0 Å². The SMILES string of the molecule is CCN1CC(N(C)C)CC(N(C)C)C1COC. The van der Waals surface area contributed by atoms with Crippen LogP contribution < -0.4 is 0 Å². The lowest BCUT2D eigenvalue weighted by Crippen LogP contribution is -2.61. The number of methoxy groups -OCH3 is 1. The minimum absolute atomic E-state index is 0.524. The van der Waals surface area contributed by atoms with E-state index in [1.165, 1.54) is 6.42 Å². The van der Waals surface area contributed by atoms with E-state index in [0.717, 1.165) is 19.7 Å². The lowest BCUT2D eigenvalue weighted by Gasteiger charge is -2.48. The van der Waals surface area contributed by atoms with Gasteiger partial charge in [-0.1, -0.05) is 6.92 Å². The van der Waals surface area contributed by atoms with Gasteiger partial charge in [0.15, 0.2) is 0 Å². The monoisotopic (exact) mass is 243 g/mol. The average molecular weight is 243 g/mol. The van der Waals surface area contributed by atoms with Gasteiger partial charge in [-0.25, -0.2) is 0 Å². The maximum atomic E-state index is 5.41. The highest BCUT2D eigenvalue weighted by molar-refractivity contribution is 4.94. The third kappa shape index (κ3) is 3.65. The molecule has 0 aliphatic carbocycles. The summed E-state index contributed by atoms with van der Waals surface area (Å²) in [6.45, 7) is 5.33. The van der Waals surface area contributed by atoms with Gasteiger partial charge >= 0.3 is 0 Å². The van der Waals surface area contributed by atoms with Crippen molar-refractivity contribution in [3.8, 4) is 0 Å². The zero-order chi connectivity index (χ0) is 13.0. The van der Waals surface area contributed by atoms with Crippen LogP contribution in [0.25, 0.3) is 0 Å². The van der Waals surface area contributed by atoms with Gasteiger partial charge in [-0.2, -0.15) is 0 Å². The zero-order valence-corrected chi connectivity index (χ0v) is 12.3. The Balaban J connectivity index is 2.79. The number of rotatable bonds is 5. The number of nitrogens with zero attached hydrogens (tertiary/aromatic N) is 3. The van der Waals surface area contributed by atoms with E-state index in [0.29, 0.717) is 18.1 Å². The molecule has 0 N–H and O–H groups in total. The molecule has 0 spiro atoms. The second kappa shape index (κ2) is 6.69. The van der Waals surface area contributed by atoms with Gasteiger partial charge in [0.2, 0.25) is 0 Å². The van der Waals surface area contributed by atoms with E-state index in [-0.39, 0.29) is 0 Å². The van der Waals surface area contributed by atoms with Crippen LogP contribution in [0.3, 0.4) is 0 Å². The maximum Gasteiger partial charge on any atom is 0.0633 e. The summed E-state index contributed by atoms with van der Waals surface area (Å²) in [5.74, 6) is 0. The number of likely N-dealkylation sites (N-methyl/N-ethyl adjacent to an activating group) is 3. The number of hydrogen-bond acceptors (Lipinski definition) is 4. The fraction of sp³-hybridized carbons (Fsp3) is 1.00. The molecule has 3 atom stereocenters. The second-order valence-electron chi connectivity index (χ2n) is 5.49. The lowest BCUT2D eigenvalue weighted by atomic mass is 9.91. The van der Waals surface area contributed by atoms with Crippen LogP contribution in [0.2, 0.25) is 0 Å². The summed E-state index contributed by atoms with van der Waals surface area (Å²) in [7, 11) is 10.5. The molecule has 0 radical (unpaired) electrons. The Labute approximate surface area is 107 Å². The highest BCUT2D eigenvalue weighted by Crippen LogP contribution is 2.23. The average Bonchev–Trinajstić information content (AvgIpc) is 2.28. The van der Waals surface area contributed by atoms with E-state index in [4.69, 9.17) is 4.74 Å². The Hall–Kier alpha value is -0.160. The van der Waals surface area contributed by atoms with Gasteiger partial charge in [-0.15, -0.1) is 0 Å². The van der Waals surface area contributed by atoms with Gasteiger partial charge in [-0.05, 0) is 41.2 Å². The molecule has 0 amide bonds. The van der Waals surface area contributed by atoms with Gasteiger partial charge < -0.3 is 14.5 Å². The van der Waals surface area contributed by atoms with Crippen LogP contribution in [0.15, 0.2) is 0 Å². The van der Waals surface area contributed by atoms with Gasteiger partial charge in [0, 0.05) is 31.8 Å². The fourth-order valence-electron chi connectivity index (χ4n) is 2.84. The van der Waals surface area contributed by atoms with E-state index in [1.807, 2.05) is 0 Å². The molecule has 1 saturated heterocycles. The number of likely N-dealkylation sites (tertiary alicyclic amines) is 1. The van der Waals surface area contributed by atoms with E-state index in [9.17, 15) is 0 Å². The van der Waals surface area contributed by atoms with Gasteiger partial charge in [0.25, 0.3) is 0 Å². The minimum atomic E-state index is 0.524. The molecule has 0 bridgehead atoms. The van der Waals surface area contributed by atoms with Crippen LogP contribution >= 0.6 is 0 Å². The van der Waals surface area contributed by atoms with E-state index in [1.54, 1.807) is 7.11 Å². The first-order valence-corrected chi connectivity index (χ1v) is 6.57. The Bertz CT molecular complexity index is 221. The zero-order valence-electron chi connectivity index (χ0n) is 12.3. The maximum absolute atomic E-state index is 5.41. The molecule has 3 unspecified atom stereocenters. The highest BCUT2D eigenvalue weighted by Gasteiger charge is 2.37. The van der Waals surface area contributed by atoms with Crippen LogP contribution in [-0.2, 0) is 4.74 Å². The first-order valence-electron chi connectivity index (χ1n) is 6.57. The topological polar surface area (TPSA) is 19.0 Å². The summed E-state index contributed by atoms with van der Waals surface area (Å²) in [5, 5.41) is 0. The quantitative estimate of drug-likeness (QED) is 0.703. The predicted molar refractivity (Wildman–Crippen MR) is 72.5 cm³/mol. The molecule has 0 aromatic heterocycles. The first-order chi connectivity index (χ1) is 8.01. The standard InChI is InChI=1S/C13H29N3O/c1-7-16-9-11(14(2)3)8-12(15(4)5)13(16)10-17-6/h11-13H,7-10H2,1-6H3. The Morgan fingerprint density at radius 2 is 1.82 bits per heavy atom. The largest absolute Gasteiger partial charge is 0.383 e. The van der Waals surface area contributed by atoms with Crippen molar-refractivity contribution in [1.29, 1.82) is 0 Å². The molecule has 0 aromatic rings. The van der Waals surface area contributed by atoms with Crippen molar-refractivity contribution >= 4 is 0 Å². The predicted octanol–water partition coefficient (Wildman–Crippen LogP) is 0.587. The normalized spacial score (nSPS) is 31.4. The number of piperidine rings is 1. The molecular formula is C13H29N3O. The van der Waals surface area contributed by atoms with E-state index in [2.05, 4.69) is 49.8 Å². The number of hydrogen-bond donors (Lipinski definition) is 0. The molecular weight excluding hydrogens is 214 g/mol. The van der Waals surface area contributed by atoms with Gasteiger partial charge in [-0.3, -0.25) is 4.90 Å². The molecule has 1 fully saturated rings. The molecule has 0 saturated carbocycles. The summed E-state index contributed by atoms with van der Waals surface area (Å²) in [6, 6.07) is 1.75. The lowest BCUT2D eigenvalue weighted by molar-refractivity contribution is -0.0138. The summed E-state index contributed by atoms with van der Waals surface area (Å²) in [6.07, 6.45) is 1.23. The van der Waals surface area contributed by atoms with Crippen molar-refractivity contribution in [2.75, 3.05) is 55.0 Å². The first kappa shape index (κ1) is 14.9. The molecule has 1 aliphatic heterocycles. The number of ether oxygens (including phenoxy) is 1. The summed E-state index contributed by atoms with van der Waals surface area (Å²) in [5.41, 5.74) is 0. The van der Waals surface area contributed by atoms with Crippen LogP contribution in [0.4, 0.5) is 0 Å². The Morgan fingerprint density at radius 1 is 1.18 bits per heavy atom. The molecule has 17 heavy (non-hydrogen) atoms. The molecule has 4 heteroatoms. The van der Waals surface area contributed by atoms with Crippen LogP contribution in [0, 0.1) is 0 Å². The summed E-state index contributed by atoms with van der Waals surface area (Å²) < 4.78 is 5.41. The van der Waals surface area contributed by atoms with Crippen LogP contribution in [0.5, 0.6) is 0 Å². The van der Waals surface area contributed by atoms with Crippen LogP contribution in [-0.4, -0.2) is 87.8 Å². The molecule has 4 nitrogen and oxygen atoms in total. The van der Waals surface area contributed by atoms with Crippen LogP contribution in [0.1, 0.15) is 13.3 Å². The van der Waals surface area contributed by atoms with E-state index >= 15 is 0 Å². The van der Waals surface area contributed by atoms with Gasteiger partial charge in [0.05, 0.1) is 6.61 Å². The van der Waals surface area contributed by atoms with Crippen molar-refractivity contribution in [2.24, 2.45) is 0 Å². The van der Waals surface area contributed by atoms with Crippen molar-refractivity contribution < 1.29 is 4.74 Å². The highest BCUT2D eigenvalue weighted by atomic mass is 16.5. The second-order valence-corrected chi connectivity index (χ2v) is 5.49. The van der Waals surface area contributed by atoms with Crippen molar-refractivity contribution in [1.82, 2.24) is 14.7 Å². The van der Waals surface area contributed by atoms with Gasteiger partial charge in [0.1, 0.15) is 0 Å². The Kier molecular flexibility index (Phi) is 5.86. The third-order valence-corrected chi connectivity index (χ3v) is 4.01. The summed E-state index contributed by atoms with van der Waals surface area (Å²) >= 11 is 0. The minimum Gasteiger partial charge on any atom is -0.383 e. The fourth-order valence-corrected chi connectivity index (χ4v) is 2.84.